The van der Waals surface area contributed by atoms with Crippen molar-refractivity contribution in [3.63, 3.8) is 0 Å². The molecule has 1 amide bonds. The molecule has 0 radical (unpaired) electrons. The monoisotopic (exact) mass is 288 g/mol. The predicted molar refractivity (Wildman–Crippen MR) is 84.7 cm³/mol. The number of ether oxygens (including phenoxy) is 1. The minimum atomic E-state index is 0.154. The Hall–Kier alpha value is -1.55. The van der Waals surface area contributed by atoms with Gasteiger partial charge in [0.15, 0.2) is 0 Å². The summed E-state index contributed by atoms with van der Waals surface area (Å²) < 4.78 is 5.38. The van der Waals surface area contributed by atoms with Crippen molar-refractivity contribution in [3.8, 4) is 0 Å². The number of amides is 1. The number of morpholine rings is 1. The molecule has 2 fully saturated rings. The van der Waals surface area contributed by atoms with Crippen molar-refractivity contribution >= 4 is 17.3 Å². The van der Waals surface area contributed by atoms with Crippen molar-refractivity contribution in [2.75, 3.05) is 36.5 Å². The number of nitrogens with one attached hydrogen (secondary N) is 1. The molecule has 21 heavy (non-hydrogen) atoms. The van der Waals surface area contributed by atoms with Crippen molar-refractivity contribution in [2.24, 2.45) is 5.92 Å². The molecule has 0 unspecified atom stereocenters. The van der Waals surface area contributed by atoms with Gasteiger partial charge in [-0.1, -0.05) is 18.9 Å². The molecule has 0 spiro atoms. The normalized spacial score (nSPS) is 19.7. The van der Waals surface area contributed by atoms with E-state index in [4.69, 9.17) is 4.74 Å². The molecular formula is C17H24N2O2. The van der Waals surface area contributed by atoms with Gasteiger partial charge in [-0.15, -0.1) is 0 Å². The molecule has 0 atom stereocenters. The Morgan fingerprint density at radius 1 is 1.24 bits per heavy atom. The highest BCUT2D eigenvalue weighted by atomic mass is 16.5. The lowest BCUT2D eigenvalue weighted by Crippen LogP contribution is -2.36. The number of nitrogens with zero attached hydrogens (tertiary/aromatic N) is 1. The molecule has 1 saturated heterocycles. The second-order valence-corrected chi connectivity index (χ2v) is 6.05. The fourth-order valence-corrected chi connectivity index (χ4v) is 3.29. The molecule has 4 heteroatoms. The molecule has 1 aromatic carbocycles. The summed E-state index contributed by atoms with van der Waals surface area (Å²) in [6, 6.07) is 8.14. The maximum atomic E-state index is 12.1. The van der Waals surface area contributed by atoms with Crippen LogP contribution in [0.1, 0.15) is 32.1 Å². The summed E-state index contributed by atoms with van der Waals surface area (Å²) in [5.41, 5.74) is 2.07. The number of rotatable bonds is 4. The minimum absolute atomic E-state index is 0.154. The number of hydrogen-bond acceptors (Lipinski definition) is 3. The van der Waals surface area contributed by atoms with E-state index in [2.05, 4.69) is 22.3 Å². The van der Waals surface area contributed by atoms with E-state index >= 15 is 0 Å². The van der Waals surface area contributed by atoms with Crippen LogP contribution >= 0.6 is 0 Å². The molecule has 1 aliphatic carbocycles. The summed E-state index contributed by atoms with van der Waals surface area (Å²) in [5, 5.41) is 3.05. The Morgan fingerprint density at radius 2 is 2.00 bits per heavy atom. The minimum Gasteiger partial charge on any atom is -0.378 e. The van der Waals surface area contributed by atoms with Crippen LogP contribution in [0.25, 0.3) is 0 Å². The third kappa shape index (κ3) is 3.97. The zero-order valence-electron chi connectivity index (χ0n) is 12.5. The second-order valence-electron chi connectivity index (χ2n) is 6.05. The first-order chi connectivity index (χ1) is 10.3. The maximum absolute atomic E-state index is 12.1. The van der Waals surface area contributed by atoms with Crippen LogP contribution in [-0.2, 0) is 9.53 Å². The van der Waals surface area contributed by atoms with Gasteiger partial charge in [-0.05, 0) is 37.0 Å². The van der Waals surface area contributed by atoms with E-state index in [1.54, 1.807) is 0 Å². The van der Waals surface area contributed by atoms with E-state index in [1.807, 2.05) is 12.1 Å². The zero-order valence-corrected chi connectivity index (χ0v) is 12.5. The Bertz CT molecular complexity index is 477. The van der Waals surface area contributed by atoms with Crippen LogP contribution in [0.15, 0.2) is 24.3 Å². The lowest BCUT2D eigenvalue weighted by molar-refractivity contribution is -0.117. The van der Waals surface area contributed by atoms with Crippen LogP contribution in [-0.4, -0.2) is 32.2 Å². The third-order valence-electron chi connectivity index (χ3n) is 4.45. The summed E-state index contributed by atoms with van der Waals surface area (Å²) in [7, 11) is 0. The summed E-state index contributed by atoms with van der Waals surface area (Å²) in [6.45, 7) is 3.38. The van der Waals surface area contributed by atoms with Crippen molar-refractivity contribution in [2.45, 2.75) is 32.1 Å². The van der Waals surface area contributed by atoms with E-state index in [9.17, 15) is 4.79 Å². The first kappa shape index (κ1) is 14.4. The molecule has 1 heterocycles. The van der Waals surface area contributed by atoms with E-state index in [0.717, 1.165) is 37.7 Å². The maximum Gasteiger partial charge on any atom is 0.224 e. The summed E-state index contributed by atoms with van der Waals surface area (Å²) >= 11 is 0. The summed E-state index contributed by atoms with van der Waals surface area (Å²) in [5.74, 6) is 0.744. The van der Waals surface area contributed by atoms with Gasteiger partial charge in [-0.3, -0.25) is 4.79 Å². The number of hydrogen-bond donors (Lipinski definition) is 1. The highest BCUT2D eigenvalue weighted by molar-refractivity contribution is 5.91. The molecule has 1 aliphatic heterocycles. The van der Waals surface area contributed by atoms with Gasteiger partial charge in [0.2, 0.25) is 5.91 Å². The Labute approximate surface area is 126 Å². The van der Waals surface area contributed by atoms with E-state index in [1.165, 1.54) is 25.7 Å². The average Bonchev–Trinajstić information content (AvgIpc) is 3.01. The van der Waals surface area contributed by atoms with Gasteiger partial charge in [0.05, 0.1) is 13.2 Å². The third-order valence-corrected chi connectivity index (χ3v) is 4.45. The molecule has 0 bridgehead atoms. The molecule has 2 aliphatic rings. The SMILES string of the molecule is O=C(CC1CCCC1)Nc1cccc(N2CCOCC2)c1. The zero-order chi connectivity index (χ0) is 14.5. The Kier molecular flexibility index (Phi) is 4.76. The molecule has 3 rings (SSSR count). The van der Waals surface area contributed by atoms with Crippen LogP contribution in [0.4, 0.5) is 11.4 Å². The lowest BCUT2D eigenvalue weighted by atomic mass is 10.0. The first-order valence-electron chi connectivity index (χ1n) is 8.04. The molecule has 4 nitrogen and oxygen atoms in total. The van der Waals surface area contributed by atoms with Crippen molar-refractivity contribution in [1.29, 1.82) is 0 Å². The first-order valence-corrected chi connectivity index (χ1v) is 8.04. The van der Waals surface area contributed by atoms with Gasteiger partial charge in [0, 0.05) is 30.9 Å². The standard InChI is InChI=1S/C17H24N2O2/c20-17(12-14-4-1-2-5-14)18-15-6-3-7-16(13-15)19-8-10-21-11-9-19/h3,6-7,13-14H,1-2,4-5,8-12H2,(H,18,20). The van der Waals surface area contributed by atoms with Crippen LogP contribution < -0.4 is 10.2 Å². The van der Waals surface area contributed by atoms with Crippen molar-refractivity contribution in [3.05, 3.63) is 24.3 Å². The molecule has 1 saturated carbocycles. The topological polar surface area (TPSA) is 41.6 Å². The number of carbonyl (C=O) groups excluding carboxylic acids is 1. The van der Waals surface area contributed by atoms with Gasteiger partial charge in [-0.25, -0.2) is 0 Å². The van der Waals surface area contributed by atoms with Gasteiger partial charge in [-0.2, -0.15) is 0 Å². The highest BCUT2D eigenvalue weighted by Gasteiger charge is 2.18. The van der Waals surface area contributed by atoms with Crippen LogP contribution in [0, 0.1) is 5.92 Å². The molecule has 114 valence electrons. The number of carbonyl (C=O) groups is 1. The van der Waals surface area contributed by atoms with Gasteiger partial charge in [0.1, 0.15) is 0 Å². The van der Waals surface area contributed by atoms with Crippen LogP contribution in [0.2, 0.25) is 0 Å². The van der Waals surface area contributed by atoms with Gasteiger partial charge in [0.25, 0.3) is 0 Å². The van der Waals surface area contributed by atoms with Crippen molar-refractivity contribution < 1.29 is 9.53 Å². The average molecular weight is 288 g/mol. The molecule has 1 N–H and O–H groups in total. The fourth-order valence-electron chi connectivity index (χ4n) is 3.29. The lowest BCUT2D eigenvalue weighted by Gasteiger charge is -2.29. The number of benzene rings is 1. The number of anilines is 2. The smallest absolute Gasteiger partial charge is 0.224 e. The van der Waals surface area contributed by atoms with E-state index < -0.39 is 0 Å². The summed E-state index contributed by atoms with van der Waals surface area (Å²) in [6.07, 6.45) is 5.65. The molecular weight excluding hydrogens is 264 g/mol. The molecule has 1 aromatic rings. The molecule has 0 aromatic heterocycles. The quantitative estimate of drug-likeness (QED) is 0.926. The van der Waals surface area contributed by atoms with Crippen LogP contribution in [0.3, 0.4) is 0 Å². The fraction of sp³-hybridized carbons (Fsp3) is 0.588. The van der Waals surface area contributed by atoms with Gasteiger partial charge < -0.3 is 15.0 Å². The highest BCUT2D eigenvalue weighted by Crippen LogP contribution is 2.28. The second kappa shape index (κ2) is 6.94. The Balaban J connectivity index is 1.58. The Morgan fingerprint density at radius 3 is 2.76 bits per heavy atom. The largest absolute Gasteiger partial charge is 0.378 e. The van der Waals surface area contributed by atoms with Crippen LogP contribution in [0.5, 0.6) is 0 Å². The van der Waals surface area contributed by atoms with E-state index in [-0.39, 0.29) is 5.91 Å². The van der Waals surface area contributed by atoms with Gasteiger partial charge >= 0.3 is 0 Å². The summed E-state index contributed by atoms with van der Waals surface area (Å²) in [4.78, 5) is 14.4. The predicted octanol–water partition coefficient (Wildman–Crippen LogP) is 3.04. The van der Waals surface area contributed by atoms with E-state index in [0.29, 0.717) is 12.3 Å². The van der Waals surface area contributed by atoms with Crippen molar-refractivity contribution in [1.82, 2.24) is 0 Å².